The highest BCUT2D eigenvalue weighted by molar-refractivity contribution is 6.31. The summed E-state index contributed by atoms with van der Waals surface area (Å²) in [5.41, 5.74) is 2.30. The second-order valence-corrected chi connectivity index (χ2v) is 5.57. The van der Waals surface area contributed by atoms with Crippen LogP contribution in [0.15, 0.2) is 36.4 Å². The summed E-state index contributed by atoms with van der Waals surface area (Å²) in [5.74, 6) is 0.113. The number of nitrogens with one attached hydrogen (secondary N) is 1. The zero-order chi connectivity index (χ0) is 15.9. The van der Waals surface area contributed by atoms with Crippen molar-refractivity contribution in [3.05, 3.63) is 58.7 Å². The molecular weight excluding hydrogens is 278 g/mol. The van der Waals surface area contributed by atoms with Gasteiger partial charge in [-0.2, -0.15) is 0 Å². The van der Waals surface area contributed by atoms with E-state index < -0.39 is 0 Å². The maximum Gasteiger partial charge on any atom is 0.200 e. The number of fused-ring (bicyclic) bond motifs is 2. The quantitative estimate of drug-likeness (QED) is 0.805. The standard InChI is InChI=1S/C18H17NO3/c1-10(2)19-13-8-4-6-11-15(13)18(21)16-12(17(11)20)7-5-9-14(16)22-3/h4-10,19H,1-3H3. The molecule has 0 amide bonds. The van der Waals surface area contributed by atoms with Gasteiger partial charge in [0.2, 0.25) is 0 Å². The molecule has 0 fully saturated rings. The van der Waals surface area contributed by atoms with Crippen molar-refractivity contribution in [1.29, 1.82) is 0 Å². The number of hydrogen-bond acceptors (Lipinski definition) is 4. The molecule has 4 heteroatoms. The predicted octanol–water partition coefficient (Wildman–Crippen LogP) is 3.29. The summed E-state index contributed by atoms with van der Waals surface area (Å²) in [6.45, 7) is 3.98. The Hall–Kier alpha value is -2.62. The molecule has 0 saturated heterocycles. The molecule has 2 aromatic carbocycles. The van der Waals surface area contributed by atoms with Crippen LogP contribution in [-0.2, 0) is 0 Å². The molecule has 1 aliphatic carbocycles. The van der Waals surface area contributed by atoms with Crippen LogP contribution in [0.1, 0.15) is 45.7 Å². The van der Waals surface area contributed by atoms with Crippen molar-refractivity contribution in [1.82, 2.24) is 0 Å². The van der Waals surface area contributed by atoms with Crippen molar-refractivity contribution in [2.75, 3.05) is 12.4 Å². The van der Waals surface area contributed by atoms with Crippen LogP contribution >= 0.6 is 0 Å². The highest BCUT2D eigenvalue weighted by Crippen LogP contribution is 2.36. The van der Waals surface area contributed by atoms with Crippen molar-refractivity contribution in [3.8, 4) is 5.75 Å². The van der Waals surface area contributed by atoms with Gasteiger partial charge in [-0.1, -0.05) is 24.3 Å². The Morgan fingerprint density at radius 1 is 0.909 bits per heavy atom. The molecule has 0 spiro atoms. The van der Waals surface area contributed by atoms with E-state index in [2.05, 4.69) is 5.32 Å². The monoisotopic (exact) mass is 295 g/mol. The van der Waals surface area contributed by atoms with E-state index >= 15 is 0 Å². The van der Waals surface area contributed by atoms with Crippen molar-refractivity contribution >= 4 is 17.3 Å². The molecule has 0 bridgehead atoms. The van der Waals surface area contributed by atoms with Gasteiger partial charge in [-0.3, -0.25) is 9.59 Å². The number of ketones is 2. The van der Waals surface area contributed by atoms with Crippen LogP contribution in [-0.4, -0.2) is 24.7 Å². The van der Waals surface area contributed by atoms with Crippen LogP contribution in [0.4, 0.5) is 5.69 Å². The van der Waals surface area contributed by atoms with Gasteiger partial charge in [0.15, 0.2) is 11.6 Å². The predicted molar refractivity (Wildman–Crippen MR) is 85.1 cm³/mol. The van der Waals surface area contributed by atoms with E-state index in [0.29, 0.717) is 33.7 Å². The number of carbonyl (C=O) groups is 2. The summed E-state index contributed by atoms with van der Waals surface area (Å²) in [4.78, 5) is 25.7. The third-order valence-corrected chi connectivity index (χ3v) is 3.70. The minimum atomic E-state index is -0.175. The zero-order valence-electron chi connectivity index (χ0n) is 12.8. The Morgan fingerprint density at radius 3 is 2.18 bits per heavy atom. The Bertz CT molecular complexity index is 778. The van der Waals surface area contributed by atoms with E-state index in [1.165, 1.54) is 7.11 Å². The third-order valence-electron chi connectivity index (χ3n) is 3.70. The number of rotatable bonds is 3. The topological polar surface area (TPSA) is 55.4 Å². The Morgan fingerprint density at radius 2 is 1.55 bits per heavy atom. The molecular formula is C18H17NO3. The molecule has 0 atom stereocenters. The van der Waals surface area contributed by atoms with Crippen molar-refractivity contribution < 1.29 is 14.3 Å². The molecule has 4 nitrogen and oxygen atoms in total. The number of carbonyl (C=O) groups excluding carboxylic acids is 2. The summed E-state index contributed by atoms with van der Waals surface area (Å²) in [5, 5.41) is 3.24. The van der Waals surface area contributed by atoms with Crippen LogP contribution in [0.2, 0.25) is 0 Å². The molecule has 0 radical (unpaired) electrons. The van der Waals surface area contributed by atoms with Crippen LogP contribution in [0.25, 0.3) is 0 Å². The fraction of sp³-hybridized carbons (Fsp3) is 0.222. The maximum absolute atomic E-state index is 13.0. The van der Waals surface area contributed by atoms with Gasteiger partial charge in [0.25, 0.3) is 0 Å². The number of ether oxygens (including phenoxy) is 1. The molecule has 0 unspecified atom stereocenters. The molecule has 112 valence electrons. The first kappa shape index (κ1) is 14.3. The zero-order valence-corrected chi connectivity index (χ0v) is 12.8. The van der Waals surface area contributed by atoms with Gasteiger partial charge in [0.1, 0.15) is 5.75 Å². The van der Waals surface area contributed by atoms with Gasteiger partial charge in [-0.05, 0) is 26.0 Å². The largest absolute Gasteiger partial charge is 0.496 e. The Kier molecular flexibility index (Phi) is 3.45. The molecule has 0 saturated carbocycles. The first-order valence-electron chi connectivity index (χ1n) is 7.20. The highest BCUT2D eigenvalue weighted by Gasteiger charge is 2.33. The average Bonchev–Trinajstić information content (AvgIpc) is 2.51. The first-order valence-corrected chi connectivity index (χ1v) is 7.20. The van der Waals surface area contributed by atoms with E-state index in [1.54, 1.807) is 30.3 Å². The van der Waals surface area contributed by atoms with Gasteiger partial charge in [0.05, 0.1) is 18.2 Å². The Labute approximate surface area is 129 Å². The van der Waals surface area contributed by atoms with Crippen LogP contribution < -0.4 is 10.1 Å². The van der Waals surface area contributed by atoms with Gasteiger partial charge < -0.3 is 10.1 Å². The average molecular weight is 295 g/mol. The van der Waals surface area contributed by atoms with Crippen LogP contribution in [0.3, 0.4) is 0 Å². The summed E-state index contributed by atoms with van der Waals surface area (Å²) < 4.78 is 5.27. The van der Waals surface area contributed by atoms with E-state index in [1.807, 2.05) is 19.9 Å². The van der Waals surface area contributed by atoms with Gasteiger partial charge in [-0.15, -0.1) is 0 Å². The molecule has 3 rings (SSSR count). The molecule has 1 aliphatic rings. The number of methoxy groups -OCH3 is 1. The lowest BCUT2D eigenvalue weighted by Crippen LogP contribution is -2.24. The van der Waals surface area contributed by atoms with Gasteiger partial charge in [-0.25, -0.2) is 0 Å². The second kappa shape index (κ2) is 5.30. The summed E-state index contributed by atoms with van der Waals surface area (Å²) >= 11 is 0. The lowest BCUT2D eigenvalue weighted by Gasteiger charge is -2.23. The van der Waals surface area contributed by atoms with E-state index in [0.717, 1.165) is 0 Å². The fourth-order valence-electron chi connectivity index (χ4n) is 2.81. The maximum atomic E-state index is 13.0. The van der Waals surface area contributed by atoms with Gasteiger partial charge >= 0.3 is 0 Å². The third kappa shape index (κ3) is 2.08. The van der Waals surface area contributed by atoms with Gasteiger partial charge in [0, 0.05) is 22.9 Å². The number of anilines is 1. The Balaban J connectivity index is 2.26. The molecule has 2 aromatic rings. The number of hydrogen-bond donors (Lipinski definition) is 1. The van der Waals surface area contributed by atoms with E-state index in [4.69, 9.17) is 4.74 Å². The normalized spacial score (nSPS) is 12.9. The molecule has 1 N–H and O–H groups in total. The SMILES string of the molecule is COc1cccc2c1C(=O)c1c(NC(C)C)cccc1C2=O. The number of benzene rings is 2. The molecule has 0 aromatic heterocycles. The molecule has 0 aliphatic heterocycles. The molecule has 22 heavy (non-hydrogen) atoms. The van der Waals surface area contributed by atoms with Crippen molar-refractivity contribution in [3.63, 3.8) is 0 Å². The summed E-state index contributed by atoms with van der Waals surface area (Å²) in [7, 11) is 1.50. The first-order chi connectivity index (χ1) is 10.5. The minimum Gasteiger partial charge on any atom is -0.496 e. The summed E-state index contributed by atoms with van der Waals surface area (Å²) in [6, 6.07) is 10.6. The lowest BCUT2D eigenvalue weighted by atomic mass is 9.82. The van der Waals surface area contributed by atoms with E-state index in [-0.39, 0.29) is 17.6 Å². The minimum absolute atomic E-state index is 0.143. The fourth-order valence-corrected chi connectivity index (χ4v) is 2.81. The van der Waals surface area contributed by atoms with Crippen LogP contribution in [0, 0.1) is 0 Å². The van der Waals surface area contributed by atoms with Crippen LogP contribution in [0.5, 0.6) is 5.75 Å². The summed E-state index contributed by atoms with van der Waals surface area (Å²) in [6.07, 6.45) is 0. The van der Waals surface area contributed by atoms with E-state index in [9.17, 15) is 9.59 Å². The smallest absolute Gasteiger partial charge is 0.200 e. The highest BCUT2D eigenvalue weighted by atomic mass is 16.5. The molecule has 0 heterocycles. The van der Waals surface area contributed by atoms with Crippen molar-refractivity contribution in [2.45, 2.75) is 19.9 Å². The lowest BCUT2D eigenvalue weighted by molar-refractivity contribution is 0.0977. The van der Waals surface area contributed by atoms with Crippen molar-refractivity contribution in [2.24, 2.45) is 0 Å². The second-order valence-electron chi connectivity index (χ2n) is 5.57.